The Morgan fingerprint density at radius 2 is 1.76 bits per heavy atom. The fraction of sp³-hybridized carbons (Fsp3) is 0.286. The molecule has 0 amide bonds. The lowest BCUT2D eigenvalue weighted by atomic mass is 10.0. The van der Waals surface area contributed by atoms with Crippen molar-refractivity contribution in [2.75, 3.05) is 13.2 Å². The highest BCUT2D eigenvalue weighted by molar-refractivity contribution is 5.85. The molecular weight excluding hydrogens is 316 g/mol. The first-order chi connectivity index (χ1) is 12.0. The summed E-state index contributed by atoms with van der Waals surface area (Å²) in [7, 11) is 0. The predicted octanol–water partition coefficient (Wildman–Crippen LogP) is 4.67. The van der Waals surface area contributed by atoms with Crippen LogP contribution in [0.5, 0.6) is 11.5 Å². The molecule has 1 N–H and O–H groups in total. The van der Waals surface area contributed by atoms with Gasteiger partial charge in [-0.15, -0.1) is 0 Å². The number of carbonyl (C=O) groups is 1. The zero-order valence-electron chi connectivity index (χ0n) is 14.9. The van der Waals surface area contributed by atoms with Crippen LogP contribution in [-0.4, -0.2) is 24.3 Å². The zero-order valence-corrected chi connectivity index (χ0v) is 14.9. The van der Waals surface area contributed by atoms with Gasteiger partial charge in [0.2, 0.25) is 0 Å². The minimum absolute atomic E-state index is 0.378. The van der Waals surface area contributed by atoms with Gasteiger partial charge in [-0.2, -0.15) is 0 Å². The molecule has 0 radical (unpaired) electrons. The summed E-state index contributed by atoms with van der Waals surface area (Å²) in [5.74, 6) is 0.923. The Hall–Kier alpha value is -2.75. The molecule has 0 spiro atoms. The van der Waals surface area contributed by atoms with Crippen LogP contribution in [0.4, 0.5) is 0 Å². The molecule has 0 fully saturated rings. The highest BCUT2D eigenvalue weighted by Crippen LogP contribution is 2.27. The van der Waals surface area contributed by atoms with E-state index in [1.807, 2.05) is 37.3 Å². The van der Waals surface area contributed by atoms with Crippen molar-refractivity contribution in [1.29, 1.82) is 0 Å². The second kappa shape index (κ2) is 8.92. The van der Waals surface area contributed by atoms with Crippen LogP contribution in [0.1, 0.15) is 36.5 Å². The number of carboxylic acid groups (broad SMARTS) is 1. The van der Waals surface area contributed by atoms with Crippen LogP contribution in [0.3, 0.4) is 0 Å². The maximum atomic E-state index is 10.7. The van der Waals surface area contributed by atoms with Crippen molar-refractivity contribution in [3.05, 3.63) is 65.2 Å². The molecule has 4 nitrogen and oxygen atoms in total. The Balaban J connectivity index is 1.96. The molecule has 0 aliphatic heterocycles. The van der Waals surface area contributed by atoms with Crippen LogP contribution in [0.2, 0.25) is 0 Å². The number of aryl methyl sites for hydroxylation is 1. The summed E-state index contributed by atoms with van der Waals surface area (Å²) in [4.78, 5) is 10.7. The van der Waals surface area contributed by atoms with E-state index in [0.29, 0.717) is 24.9 Å². The summed E-state index contributed by atoms with van der Waals surface area (Å²) in [6.45, 7) is 7.11. The Kier molecular flexibility index (Phi) is 6.63. The van der Waals surface area contributed by atoms with Gasteiger partial charge < -0.3 is 14.6 Å². The van der Waals surface area contributed by atoms with E-state index in [1.54, 1.807) is 0 Å². The lowest BCUT2D eigenvalue weighted by Crippen LogP contribution is -2.11. The van der Waals surface area contributed by atoms with Crippen molar-refractivity contribution in [3.8, 4) is 11.5 Å². The molecule has 0 aliphatic carbocycles. The molecule has 0 atom stereocenters. The third-order valence-corrected chi connectivity index (χ3v) is 3.71. The normalized spacial score (nSPS) is 11.0. The third kappa shape index (κ3) is 5.68. The van der Waals surface area contributed by atoms with Gasteiger partial charge in [-0.1, -0.05) is 44.2 Å². The van der Waals surface area contributed by atoms with Gasteiger partial charge in [0.25, 0.3) is 0 Å². The van der Waals surface area contributed by atoms with E-state index in [2.05, 4.69) is 26.0 Å². The summed E-state index contributed by atoms with van der Waals surface area (Å²) in [6.07, 6.45) is 2.62. The lowest BCUT2D eigenvalue weighted by Gasteiger charge is -2.15. The maximum Gasteiger partial charge on any atom is 0.328 e. The Bertz CT molecular complexity index is 747. The van der Waals surface area contributed by atoms with Gasteiger partial charge >= 0.3 is 5.97 Å². The molecule has 4 heteroatoms. The second-order valence-corrected chi connectivity index (χ2v) is 6.10. The minimum atomic E-state index is -0.987. The van der Waals surface area contributed by atoms with E-state index in [1.165, 1.54) is 11.6 Å². The fourth-order valence-corrected chi connectivity index (χ4v) is 2.46. The molecule has 0 heterocycles. The second-order valence-electron chi connectivity index (χ2n) is 6.10. The summed E-state index contributed by atoms with van der Waals surface area (Å²) in [6, 6.07) is 13.5. The highest BCUT2D eigenvalue weighted by Gasteiger charge is 2.08. The van der Waals surface area contributed by atoms with E-state index in [4.69, 9.17) is 14.6 Å². The van der Waals surface area contributed by atoms with Gasteiger partial charge in [-0.05, 0) is 42.2 Å². The number of para-hydroxylation sites is 1. The van der Waals surface area contributed by atoms with E-state index in [9.17, 15) is 4.79 Å². The van der Waals surface area contributed by atoms with E-state index in [0.717, 1.165) is 23.0 Å². The molecule has 0 bridgehead atoms. The van der Waals surface area contributed by atoms with Crippen LogP contribution < -0.4 is 9.47 Å². The van der Waals surface area contributed by atoms with Crippen LogP contribution in [0.25, 0.3) is 6.08 Å². The van der Waals surface area contributed by atoms with Crippen LogP contribution in [0.15, 0.2) is 48.5 Å². The van der Waals surface area contributed by atoms with Gasteiger partial charge in [0.15, 0.2) is 0 Å². The van der Waals surface area contributed by atoms with Crippen LogP contribution >= 0.6 is 0 Å². The highest BCUT2D eigenvalue weighted by atomic mass is 16.5. The van der Waals surface area contributed by atoms with Crippen LogP contribution in [0, 0.1) is 6.92 Å². The minimum Gasteiger partial charge on any atom is -0.490 e. The van der Waals surface area contributed by atoms with Crippen molar-refractivity contribution < 1.29 is 19.4 Å². The first kappa shape index (κ1) is 18.6. The molecular formula is C21H24O4. The van der Waals surface area contributed by atoms with Crippen molar-refractivity contribution in [2.24, 2.45) is 0 Å². The Labute approximate surface area is 148 Å². The van der Waals surface area contributed by atoms with Crippen molar-refractivity contribution in [3.63, 3.8) is 0 Å². The SMILES string of the molecule is Cc1ccc(C(C)C)c(OCCOc2ccccc2C=CC(=O)O)c1. The van der Waals surface area contributed by atoms with E-state index < -0.39 is 5.97 Å². The Morgan fingerprint density at radius 1 is 1.08 bits per heavy atom. The quantitative estimate of drug-likeness (QED) is 0.560. The molecule has 2 aromatic carbocycles. The first-order valence-electron chi connectivity index (χ1n) is 8.33. The van der Waals surface area contributed by atoms with Crippen LogP contribution in [-0.2, 0) is 4.79 Å². The molecule has 0 unspecified atom stereocenters. The molecule has 0 aliphatic rings. The topological polar surface area (TPSA) is 55.8 Å². The fourth-order valence-electron chi connectivity index (χ4n) is 2.46. The number of hydrogen-bond donors (Lipinski definition) is 1. The number of ether oxygens (including phenoxy) is 2. The van der Waals surface area contributed by atoms with Crippen molar-refractivity contribution in [1.82, 2.24) is 0 Å². The van der Waals surface area contributed by atoms with Crippen molar-refractivity contribution >= 4 is 12.0 Å². The monoisotopic (exact) mass is 340 g/mol. The summed E-state index contributed by atoms with van der Waals surface area (Å²) >= 11 is 0. The van der Waals surface area contributed by atoms with Gasteiger partial charge in [0.05, 0.1) is 0 Å². The summed E-state index contributed by atoms with van der Waals surface area (Å²) in [5.41, 5.74) is 3.06. The van der Waals surface area contributed by atoms with E-state index in [-0.39, 0.29) is 0 Å². The molecule has 0 saturated carbocycles. The van der Waals surface area contributed by atoms with Gasteiger partial charge in [-0.3, -0.25) is 0 Å². The zero-order chi connectivity index (χ0) is 18.2. The maximum absolute atomic E-state index is 10.7. The number of carboxylic acids is 1. The average Bonchev–Trinajstić information content (AvgIpc) is 2.57. The summed E-state index contributed by atoms with van der Waals surface area (Å²) in [5, 5.41) is 8.75. The number of benzene rings is 2. The van der Waals surface area contributed by atoms with E-state index >= 15 is 0 Å². The molecule has 0 aromatic heterocycles. The smallest absolute Gasteiger partial charge is 0.328 e. The number of aliphatic carboxylic acids is 1. The van der Waals surface area contributed by atoms with Gasteiger partial charge in [0, 0.05) is 11.6 Å². The van der Waals surface area contributed by atoms with Gasteiger partial charge in [-0.25, -0.2) is 4.79 Å². The largest absolute Gasteiger partial charge is 0.490 e. The Morgan fingerprint density at radius 3 is 2.44 bits per heavy atom. The average molecular weight is 340 g/mol. The standard InChI is InChI=1S/C21H24O4/c1-15(2)18-10-8-16(3)14-20(18)25-13-12-24-19-7-5-4-6-17(19)9-11-21(22)23/h4-11,14-15H,12-13H2,1-3H3,(H,22,23). The number of rotatable bonds is 8. The first-order valence-corrected chi connectivity index (χ1v) is 8.33. The predicted molar refractivity (Wildman–Crippen MR) is 99.4 cm³/mol. The number of hydrogen-bond acceptors (Lipinski definition) is 3. The molecule has 2 rings (SSSR count). The van der Waals surface area contributed by atoms with Crippen molar-refractivity contribution in [2.45, 2.75) is 26.7 Å². The third-order valence-electron chi connectivity index (χ3n) is 3.71. The lowest BCUT2D eigenvalue weighted by molar-refractivity contribution is -0.131. The molecule has 132 valence electrons. The van der Waals surface area contributed by atoms with Gasteiger partial charge in [0.1, 0.15) is 24.7 Å². The summed E-state index contributed by atoms with van der Waals surface area (Å²) < 4.78 is 11.7. The molecule has 2 aromatic rings. The molecule has 25 heavy (non-hydrogen) atoms. The molecule has 0 saturated heterocycles.